The first kappa shape index (κ1) is 22.7. The lowest BCUT2D eigenvalue weighted by molar-refractivity contribution is -0.0465. The van der Waals surface area contributed by atoms with Gasteiger partial charge in [-0.05, 0) is 68.6 Å². The molecule has 37 heavy (non-hydrogen) atoms. The summed E-state index contributed by atoms with van der Waals surface area (Å²) in [6, 6.07) is 12.6. The molecule has 1 N–H and O–H groups in total. The number of para-hydroxylation sites is 1. The average molecular weight is 496 g/mol. The predicted molar refractivity (Wildman–Crippen MR) is 143 cm³/mol. The van der Waals surface area contributed by atoms with Crippen molar-refractivity contribution in [3.05, 3.63) is 71.9 Å². The molecule has 0 bridgehead atoms. The van der Waals surface area contributed by atoms with Gasteiger partial charge >= 0.3 is 0 Å². The number of aromatic nitrogens is 4. The zero-order valence-electron chi connectivity index (χ0n) is 21.3. The van der Waals surface area contributed by atoms with Crippen molar-refractivity contribution < 1.29 is 9.84 Å². The molecular weight excluding hydrogens is 462 g/mol. The number of imidazole rings is 1. The van der Waals surface area contributed by atoms with Crippen LogP contribution in [0.5, 0.6) is 5.75 Å². The van der Waals surface area contributed by atoms with Gasteiger partial charge in [0.2, 0.25) is 5.95 Å². The number of methoxy groups -OCH3 is 1. The number of aliphatic hydroxyl groups is 1. The molecule has 7 rings (SSSR count). The third-order valence-corrected chi connectivity index (χ3v) is 8.90. The molecular formula is C30H33N5O2. The number of nitrogens with zero attached hydrogens (tertiary/aromatic N) is 5. The number of pyridine rings is 1. The Morgan fingerprint density at radius 3 is 2.54 bits per heavy atom. The Balaban J connectivity index is 1.18. The summed E-state index contributed by atoms with van der Waals surface area (Å²) in [5.41, 5.74) is 7.12. The summed E-state index contributed by atoms with van der Waals surface area (Å²) in [5.74, 6) is 1.99. The molecule has 4 aromatic rings. The topological polar surface area (TPSA) is 75.8 Å². The molecule has 0 radical (unpaired) electrons. The summed E-state index contributed by atoms with van der Waals surface area (Å²) >= 11 is 0. The number of aryl methyl sites for hydroxylation is 1. The van der Waals surface area contributed by atoms with E-state index in [1.807, 2.05) is 18.5 Å². The van der Waals surface area contributed by atoms with Crippen molar-refractivity contribution in [1.29, 1.82) is 0 Å². The van der Waals surface area contributed by atoms with Crippen LogP contribution in [0.3, 0.4) is 0 Å². The van der Waals surface area contributed by atoms with E-state index in [4.69, 9.17) is 19.7 Å². The molecule has 7 nitrogen and oxygen atoms in total. The summed E-state index contributed by atoms with van der Waals surface area (Å²) in [4.78, 5) is 16.8. The smallest absolute Gasteiger partial charge is 0.225 e. The van der Waals surface area contributed by atoms with Gasteiger partial charge in [-0.25, -0.2) is 15.0 Å². The van der Waals surface area contributed by atoms with Gasteiger partial charge in [-0.2, -0.15) is 0 Å². The van der Waals surface area contributed by atoms with Crippen LogP contribution < -0.4 is 9.64 Å². The van der Waals surface area contributed by atoms with E-state index >= 15 is 0 Å². The SMILES string of the molecule is COc1ccccc1C1CCCc2nc3ccc(-c4cnc(N5CCC6(CC5)CC(O)C6)nc4)cn3c21. The normalized spacial score (nSPS) is 21.1. The van der Waals surface area contributed by atoms with Gasteiger partial charge in [0.25, 0.3) is 0 Å². The largest absolute Gasteiger partial charge is 0.496 e. The summed E-state index contributed by atoms with van der Waals surface area (Å²) in [6.07, 6.45) is 13.4. The summed E-state index contributed by atoms with van der Waals surface area (Å²) in [6.45, 7) is 1.92. The maximum atomic E-state index is 9.75. The van der Waals surface area contributed by atoms with Gasteiger partial charge in [-0.1, -0.05) is 18.2 Å². The van der Waals surface area contributed by atoms with E-state index in [1.54, 1.807) is 7.11 Å². The molecule has 1 unspecified atom stereocenters. The second kappa shape index (κ2) is 8.84. The predicted octanol–water partition coefficient (Wildman–Crippen LogP) is 5.01. The minimum atomic E-state index is -0.0921. The van der Waals surface area contributed by atoms with E-state index in [9.17, 15) is 5.11 Å². The zero-order chi connectivity index (χ0) is 25.0. The second-order valence-electron chi connectivity index (χ2n) is 11.1. The third-order valence-electron chi connectivity index (χ3n) is 8.90. The third kappa shape index (κ3) is 3.87. The van der Waals surface area contributed by atoms with Crippen molar-refractivity contribution in [1.82, 2.24) is 19.4 Å². The first-order valence-corrected chi connectivity index (χ1v) is 13.5. The molecule has 1 spiro atoms. The van der Waals surface area contributed by atoms with Crippen molar-refractivity contribution in [2.75, 3.05) is 25.1 Å². The molecule has 4 heterocycles. The Morgan fingerprint density at radius 2 is 1.78 bits per heavy atom. The second-order valence-corrected chi connectivity index (χ2v) is 11.1. The average Bonchev–Trinajstić information content (AvgIpc) is 3.31. The molecule has 1 aliphatic heterocycles. The van der Waals surface area contributed by atoms with E-state index in [2.05, 4.69) is 45.8 Å². The number of ether oxygens (including phenoxy) is 1. The van der Waals surface area contributed by atoms with E-state index in [0.29, 0.717) is 5.41 Å². The molecule has 1 atom stereocenters. The van der Waals surface area contributed by atoms with Crippen LogP contribution in [0.15, 0.2) is 55.0 Å². The first-order chi connectivity index (χ1) is 18.1. The fourth-order valence-corrected chi connectivity index (χ4v) is 6.87. The highest BCUT2D eigenvalue weighted by Gasteiger charge is 2.45. The molecule has 0 amide bonds. The van der Waals surface area contributed by atoms with Gasteiger partial charge < -0.3 is 19.1 Å². The highest BCUT2D eigenvalue weighted by molar-refractivity contribution is 5.64. The fraction of sp³-hybridized carbons (Fsp3) is 0.433. The highest BCUT2D eigenvalue weighted by atomic mass is 16.5. The van der Waals surface area contributed by atoms with Crippen LogP contribution in [0, 0.1) is 5.41 Å². The van der Waals surface area contributed by atoms with Crippen molar-refractivity contribution in [3.8, 4) is 16.9 Å². The van der Waals surface area contributed by atoms with Crippen LogP contribution in [0.1, 0.15) is 61.4 Å². The molecule has 3 aromatic heterocycles. The number of hydrogen-bond donors (Lipinski definition) is 1. The van der Waals surface area contributed by atoms with Crippen LogP contribution in [-0.4, -0.2) is 50.8 Å². The van der Waals surface area contributed by atoms with E-state index in [0.717, 1.165) is 86.5 Å². The monoisotopic (exact) mass is 495 g/mol. The van der Waals surface area contributed by atoms with Crippen molar-refractivity contribution in [3.63, 3.8) is 0 Å². The van der Waals surface area contributed by atoms with Crippen LogP contribution in [0.25, 0.3) is 16.8 Å². The minimum absolute atomic E-state index is 0.0921. The molecule has 7 heteroatoms. The number of aliphatic hydroxyl groups excluding tert-OH is 1. The fourth-order valence-electron chi connectivity index (χ4n) is 6.87. The van der Waals surface area contributed by atoms with Gasteiger partial charge in [0.05, 0.1) is 24.6 Å². The highest BCUT2D eigenvalue weighted by Crippen LogP contribution is 2.49. The summed E-state index contributed by atoms with van der Waals surface area (Å²) in [5, 5.41) is 9.75. The maximum Gasteiger partial charge on any atom is 0.225 e. The van der Waals surface area contributed by atoms with Crippen LogP contribution in [-0.2, 0) is 6.42 Å². The van der Waals surface area contributed by atoms with Crippen LogP contribution in [0.2, 0.25) is 0 Å². The lowest BCUT2D eigenvalue weighted by atomic mass is 9.61. The number of rotatable bonds is 4. The van der Waals surface area contributed by atoms with E-state index in [1.165, 1.54) is 17.0 Å². The Hall–Kier alpha value is -3.45. The number of hydrogen-bond acceptors (Lipinski definition) is 6. The molecule has 2 fully saturated rings. The number of piperidine rings is 1. The lowest BCUT2D eigenvalue weighted by Gasteiger charge is -2.50. The quantitative estimate of drug-likeness (QED) is 0.429. The van der Waals surface area contributed by atoms with Gasteiger partial charge in [0.15, 0.2) is 0 Å². The van der Waals surface area contributed by atoms with E-state index in [-0.39, 0.29) is 12.0 Å². The summed E-state index contributed by atoms with van der Waals surface area (Å²) in [7, 11) is 1.75. The first-order valence-electron chi connectivity index (χ1n) is 13.5. The Kier molecular flexibility index (Phi) is 5.43. The van der Waals surface area contributed by atoms with Crippen molar-refractivity contribution in [2.45, 2.75) is 57.0 Å². The van der Waals surface area contributed by atoms with Gasteiger partial charge in [0.1, 0.15) is 11.4 Å². The van der Waals surface area contributed by atoms with Crippen molar-refractivity contribution in [2.24, 2.45) is 5.41 Å². The molecule has 1 saturated heterocycles. The maximum absolute atomic E-state index is 9.75. The molecule has 3 aliphatic rings. The Morgan fingerprint density at radius 1 is 1.00 bits per heavy atom. The van der Waals surface area contributed by atoms with Gasteiger partial charge in [0, 0.05) is 54.3 Å². The molecule has 1 saturated carbocycles. The number of fused-ring (bicyclic) bond motifs is 3. The number of anilines is 1. The Bertz CT molecular complexity index is 1430. The van der Waals surface area contributed by atoms with Crippen LogP contribution in [0.4, 0.5) is 5.95 Å². The van der Waals surface area contributed by atoms with Gasteiger partial charge in [-0.3, -0.25) is 0 Å². The standard InChI is InChI=1S/C30H33N5O2/c1-37-26-8-3-2-5-23(26)24-6-4-7-25-28(24)35-19-20(9-10-27(35)33-25)21-17-31-29(32-18-21)34-13-11-30(12-14-34)15-22(36)16-30/h2-3,5,8-10,17-19,22,24,36H,4,6-7,11-16H2,1H3. The Labute approximate surface area is 217 Å². The van der Waals surface area contributed by atoms with Crippen molar-refractivity contribution >= 4 is 11.6 Å². The molecule has 2 aliphatic carbocycles. The molecule has 190 valence electrons. The summed E-state index contributed by atoms with van der Waals surface area (Å²) < 4.78 is 7.99. The lowest BCUT2D eigenvalue weighted by Crippen LogP contribution is -2.49. The van der Waals surface area contributed by atoms with E-state index < -0.39 is 0 Å². The van der Waals surface area contributed by atoms with Gasteiger partial charge in [-0.15, -0.1) is 0 Å². The molecule has 1 aromatic carbocycles. The van der Waals surface area contributed by atoms with Crippen LogP contribution >= 0.6 is 0 Å². The number of benzene rings is 1. The minimum Gasteiger partial charge on any atom is -0.496 e. The zero-order valence-corrected chi connectivity index (χ0v) is 21.3.